The second-order valence-electron chi connectivity index (χ2n) is 6.40. The summed E-state index contributed by atoms with van der Waals surface area (Å²) < 4.78 is 5.27. The lowest BCUT2D eigenvalue weighted by atomic mass is 9.84. The molecule has 0 atom stereocenters. The third-order valence-corrected chi connectivity index (χ3v) is 4.99. The van der Waals surface area contributed by atoms with E-state index in [-0.39, 0.29) is 0 Å². The van der Waals surface area contributed by atoms with Crippen molar-refractivity contribution in [3.8, 4) is 5.75 Å². The average Bonchev–Trinajstić information content (AvgIpc) is 2.52. The molecule has 0 spiro atoms. The Morgan fingerprint density at radius 3 is 2.64 bits per heavy atom. The predicted octanol–water partition coefficient (Wildman–Crippen LogP) is 2.18. The van der Waals surface area contributed by atoms with E-state index in [1.165, 1.54) is 12.0 Å². The molecule has 1 aromatic carbocycles. The highest BCUT2D eigenvalue weighted by atomic mass is 16.5. The van der Waals surface area contributed by atoms with E-state index in [2.05, 4.69) is 21.9 Å². The number of carbonyl (C=O) groups excluding carboxylic acids is 1. The number of amides is 1. The number of rotatable bonds is 5. The van der Waals surface area contributed by atoms with Crippen molar-refractivity contribution in [3.05, 3.63) is 29.8 Å². The zero-order chi connectivity index (χ0) is 15.4. The van der Waals surface area contributed by atoms with E-state index in [1.54, 1.807) is 7.11 Å². The second kappa shape index (κ2) is 7.14. The molecule has 1 aromatic rings. The van der Waals surface area contributed by atoms with Crippen LogP contribution in [0.4, 0.5) is 0 Å². The molecule has 2 aliphatic rings. The molecule has 22 heavy (non-hydrogen) atoms. The van der Waals surface area contributed by atoms with Gasteiger partial charge in [0.2, 0.25) is 5.91 Å². The van der Waals surface area contributed by atoms with Crippen LogP contribution >= 0.6 is 0 Å². The van der Waals surface area contributed by atoms with Gasteiger partial charge in [0.25, 0.3) is 0 Å². The summed E-state index contributed by atoms with van der Waals surface area (Å²) >= 11 is 0. The highest BCUT2D eigenvalue weighted by Crippen LogP contribution is 2.28. The number of piperazine rings is 1. The monoisotopic (exact) mass is 302 g/mol. The molecule has 0 unspecified atom stereocenters. The number of hydrogen-bond acceptors (Lipinski definition) is 3. The minimum atomic E-state index is 0.336. The van der Waals surface area contributed by atoms with Crippen molar-refractivity contribution in [1.29, 1.82) is 0 Å². The van der Waals surface area contributed by atoms with Crippen LogP contribution in [0, 0.1) is 5.92 Å². The van der Waals surface area contributed by atoms with Crippen molar-refractivity contribution in [3.63, 3.8) is 0 Å². The lowest BCUT2D eigenvalue weighted by Gasteiger charge is -2.38. The first-order chi connectivity index (χ1) is 10.8. The molecule has 1 aliphatic heterocycles. The maximum Gasteiger partial charge on any atom is 0.225 e. The normalized spacial score (nSPS) is 19.8. The van der Waals surface area contributed by atoms with Crippen LogP contribution in [0.1, 0.15) is 24.8 Å². The molecule has 2 fully saturated rings. The third kappa shape index (κ3) is 3.61. The summed E-state index contributed by atoms with van der Waals surface area (Å²) in [4.78, 5) is 16.8. The fourth-order valence-electron chi connectivity index (χ4n) is 3.22. The number of carbonyl (C=O) groups is 1. The van der Waals surface area contributed by atoms with Gasteiger partial charge in [-0.05, 0) is 37.0 Å². The molecule has 0 aromatic heterocycles. The fraction of sp³-hybridized carbons (Fsp3) is 0.611. The van der Waals surface area contributed by atoms with Crippen molar-refractivity contribution in [2.75, 3.05) is 39.8 Å². The molecule has 1 heterocycles. The summed E-state index contributed by atoms with van der Waals surface area (Å²) in [6.45, 7) is 4.85. The van der Waals surface area contributed by atoms with E-state index in [0.717, 1.165) is 57.7 Å². The van der Waals surface area contributed by atoms with Crippen LogP contribution in [0.2, 0.25) is 0 Å². The van der Waals surface area contributed by atoms with Crippen LogP contribution < -0.4 is 4.74 Å². The minimum Gasteiger partial charge on any atom is -0.497 e. The lowest BCUT2D eigenvalue weighted by molar-refractivity contribution is -0.139. The van der Waals surface area contributed by atoms with Gasteiger partial charge in [0, 0.05) is 38.6 Å². The molecule has 1 saturated heterocycles. The van der Waals surface area contributed by atoms with Crippen LogP contribution in [0.3, 0.4) is 0 Å². The van der Waals surface area contributed by atoms with E-state index in [4.69, 9.17) is 4.74 Å². The second-order valence-corrected chi connectivity index (χ2v) is 6.40. The van der Waals surface area contributed by atoms with Gasteiger partial charge < -0.3 is 9.64 Å². The molecule has 3 rings (SSSR count). The van der Waals surface area contributed by atoms with E-state index < -0.39 is 0 Å². The Bertz CT molecular complexity index is 506. The number of nitrogens with zero attached hydrogens (tertiary/aromatic N) is 2. The number of methoxy groups -OCH3 is 1. The van der Waals surface area contributed by atoms with Crippen molar-refractivity contribution >= 4 is 5.91 Å². The predicted molar refractivity (Wildman–Crippen MR) is 87.1 cm³/mol. The van der Waals surface area contributed by atoms with Gasteiger partial charge in [-0.2, -0.15) is 0 Å². The largest absolute Gasteiger partial charge is 0.497 e. The SMILES string of the molecule is COc1cccc(CCN2CCN(C(=O)C3CCC3)CC2)c1. The average molecular weight is 302 g/mol. The summed E-state index contributed by atoms with van der Waals surface area (Å²) in [6, 6.07) is 8.28. The molecule has 1 amide bonds. The highest BCUT2D eigenvalue weighted by Gasteiger charge is 2.30. The van der Waals surface area contributed by atoms with Gasteiger partial charge >= 0.3 is 0 Å². The quantitative estimate of drug-likeness (QED) is 0.836. The molecule has 4 heteroatoms. The minimum absolute atomic E-state index is 0.336. The van der Waals surface area contributed by atoms with Gasteiger partial charge in [0.1, 0.15) is 5.75 Å². The summed E-state index contributed by atoms with van der Waals surface area (Å²) in [7, 11) is 1.71. The summed E-state index contributed by atoms with van der Waals surface area (Å²) in [5.74, 6) is 1.66. The van der Waals surface area contributed by atoms with Crippen molar-refractivity contribution < 1.29 is 9.53 Å². The van der Waals surface area contributed by atoms with E-state index in [9.17, 15) is 4.79 Å². The van der Waals surface area contributed by atoms with Crippen LogP contribution in [0.25, 0.3) is 0 Å². The molecule has 0 bridgehead atoms. The Balaban J connectivity index is 1.42. The molecule has 1 saturated carbocycles. The first kappa shape index (κ1) is 15.3. The van der Waals surface area contributed by atoms with Crippen LogP contribution in [0.5, 0.6) is 5.75 Å². The van der Waals surface area contributed by atoms with Crippen LogP contribution in [0.15, 0.2) is 24.3 Å². The fourth-order valence-corrected chi connectivity index (χ4v) is 3.22. The lowest BCUT2D eigenvalue weighted by Crippen LogP contribution is -2.51. The first-order valence-electron chi connectivity index (χ1n) is 8.40. The number of benzene rings is 1. The van der Waals surface area contributed by atoms with Crippen molar-refractivity contribution in [2.24, 2.45) is 5.92 Å². The maximum absolute atomic E-state index is 12.2. The van der Waals surface area contributed by atoms with E-state index in [0.29, 0.717) is 11.8 Å². The molecule has 0 radical (unpaired) electrons. The summed E-state index contributed by atoms with van der Waals surface area (Å²) in [6.07, 6.45) is 4.48. The van der Waals surface area contributed by atoms with Gasteiger partial charge in [-0.3, -0.25) is 9.69 Å². The molecular formula is C18H26N2O2. The van der Waals surface area contributed by atoms with Crippen molar-refractivity contribution in [1.82, 2.24) is 9.80 Å². The van der Waals surface area contributed by atoms with Gasteiger partial charge in [-0.25, -0.2) is 0 Å². The Morgan fingerprint density at radius 1 is 1.23 bits per heavy atom. The van der Waals surface area contributed by atoms with Crippen LogP contribution in [-0.4, -0.2) is 55.5 Å². The smallest absolute Gasteiger partial charge is 0.225 e. The van der Waals surface area contributed by atoms with Crippen LogP contribution in [-0.2, 0) is 11.2 Å². The zero-order valence-electron chi connectivity index (χ0n) is 13.5. The zero-order valence-corrected chi connectivity index (χ0v) is 13.5. The summed E-state index contributed by atoms with van der Waals surface area (Å²) in [5.41, 5.74) is 1.31. The Morgan fingerprint density at radius 2 is 2.00 bits per heavy atom. The third-order valence-electron chi connectivity index (χ3n) is 4.99. The topological polar surface area (TPSA) is 32.8 Å². The first-order valence-corrected chi connectivity index (χ1v) is 8.40. The van der Waals surface area contributed by atoms with Gasteiger partial charge in [-0.15, -0.1) is 0 Å². The standard InChI is InChI=1S/C18H26N2O2/c1-22-17-7-2-4-15(14-17)8-9-19-10-12-20(13-11-19)18(21)16-5-3-6-16/h2,4,7,14,16H,3,5-6,8-13H2,1H3. The van der Waals surface area contributed by atoms with Gasteiger partial charge in [0.05, 0.1) is 7.11 Å². The molecular weight excluding hydrogens is 276 g/mol. The highest BCUT2D eigenvalue weighted by molar-refractivity contribution is 5.79. The maximum atomic E-state index is 12.2. The Labute approximate surface area is 133 Å². The molecule has 4 nitrogen and oxygen atoms in total. The number of hydrogen-bond donors (Lipinski definition) is 0. The molecule has 0 N–H and O–H groups in total. The van der Waals surface area contributed by atoms with Gasteiger partial charge in [0.15, 0.2) is 0 Å². The Hall–Kier alpha value is -1.55. The summed E-state index contributed by atoms with van der Waals surface area (Å²) in [5, 5.41) is 0. The molecule has 1 aliphatic carbocycles. The number of ether oxygens (including phenoxy) is 1. The van der Waals surface area contributed by atoms with E-state index in [1.807, 2.05) is 12.1 Å². The van der Waals surface area contributed by atoms with Crippen molar-refractivity contribution in [2.45, 2.75) is 25.7 Å². The molecule has 120 valence electrons. The Kier molecular flexibility index (Phi) is 4.98. The van der Waals surface area contributed by atoms with E-state index >= 15 is 0 Å². The van der Waals surface area contributed by atoms with Gasteiger partial charge in [-0.1, -0.05) is 18.6 Å².